The first-order valence-electron chi connectivity index (χ1n) is 16.0. The van der Waals surface area contributed by atoms with Crippen LogP contribution in [0.1, 0.15) is 113 Å². The van der Waals surface area contributed by atoms with E-state index in [1.807, 2.05) is 18.3 Å². The van der Waals surface area contributed by atoms with Crippen molar-refractivity contribution in [3.63, 3.8) is 0 Å². The molecule has 3 heterocycles. The first kappa shape index (κ1) is 31.5. The van der Waals surface area contributed by atoms with Crippen molar-refractivity contribution in [2.24, 2.45) is 11.3 Å². The van der Waals surface area contributed by atoms with E-state index in [4.69, 9.17) is 9.47 Å². The van der Waals surface area contributed by atoms with Crippen LogP contribution in [0.4, 0.5) is 0 Å². The maximum absolute atomic E-state index is 14.4. The largest absolute Gasteiger partial charge is 0.481 e. The fourth-order valence-corrected chi connectivity index (χ4v) is 7.48. The lowest BCUT2D eigenvalue weighted by Gasteiger charge is -2.36. The van der Waals surface area contributed by atoms with Gasteiger partial charge in [0.1, 0.15) is 12.1 Å². The number of aliphatic carboxylic acids is 1. The van der Waals surface area contributed by atoms with E-state index in [-0.39, 0.29) is 23.8 Å². The number of benzene rings is 1. The zero-order chi connectivity index (χ0) is 30.9. The van der Waals surface area contributed by atoms with Crippen LogP contribution < -0.4 is 10.1 Å². The maximum atomic E-state index is 14.4. The molecule has 2 N–H and O–H groups in total. The monoisotopic (exact) mass is 591 g/mol. The number of nitrogens with one attached hydrogen (secondary N) is 1. The van der Waals surface area contributed by atoms with Crippen molar-refractivity contribution in [1.82, 2.24) is 15.2 Å². The van der Waals surface area contributed by atoms with E-state index in [1.54, 1.807) is 12.0 Å². The molecule has 0 radical (unpaired) electrons. The molecule has 1 saturated carbocycles. The van der Waals surface area contributed by atoms with Crippen molar-refractivity contribution in [3.05, 3.63) is 58.8 Å². The highest BCUT2D eigenvalue weighted by atomic mass is 16.5. The van der Waals surface area contributed by atoms with Crippen molar-refractivity contribution in [1.29, 1.82) is 0 Å². The third-order valence-electron chi connectivity index (χ3n) is 9.81. The number of carbonyl (C=O) groups is 2. The highest BCUT2D eigenvalue weighted by Crippen LogP contribution is 2.50. The summed E-state index contributed by atoms with van der Waals surface area (Å²) in [5.41, 5.74) is 3.85. The third-order valence-corrected chi connectivity index (χ3v) is 9.81. The van der Waals surface area contributed by atoms with Crippen LogP contribution in [0.15, 0.2) is 36.5 Å². The molecule has 2 aromatic rings. The molecule has 3 fully saturated rings. The number of carbonyl (C=O) groups excluding carboxylic acids is 1. The third kappa shape index (κ3) is 6.32. The van der Waals surface area contributed by atoms with Gasteiger partial charge in [0.15, 0.2) is 0 Å². The number of likely N-dealkylation sites (tertiary alicyclic amines) is 1. The SMILES string of the molecule is COc1ncc(C2CCC2)cc1CN[C@H]1[C@H](C(C)(C)C)[C@@H](C(=O)O)N(C(=O)[C@@H]2CCCCO2)[C@H]1c1ccccc1C(C)C. The molecule has 234 valence electrons. The number of carboxylic acid groups (broad SMARTS) is 1. The Morgan fingerprint density at radius 2 is 1.88 bits per heavy atom. The van der Waals surface area contributed by atoms with E-state index in [0.717, 1.165) is 29.5 Å². The van der Waals surface area contributed by atoms with Gasteiger partial charge in [-0.05, 0) is 72.1 Å². The van der Waals surface area contributed by atoms with Gasteiger partial charge in [-0.2, -0.15) is 0 Å². The summed E-state index contributed by atoms with van der Waals surface area (Å²) >= 11 is 0. The Labute approximate surface area is 256 Å². The second-order valence-electron chi connectivity index (χ2n) is 14.0. The summed E-state index contributed by atoms with van der Waals surface area (Å²) in [7, 11) is 1.63. The van der Waals surface area contributed by atoms with Crippen molar-refractivity contribution in [2.45, 2.75) is 116 Å². The second-order valence-corrected chi connectivity index (χ2v) is 14.0. The predicted octanol–water partition coefficient (Wildman–Crippen LogP) is 6.21. The zero-order valence-electron chi connectivity index (χ0n) is 26.6. The fourth-order valence-electron chi connectivity index (χ4n) is 7.48. The lowest BCUT2D eigenvalue weighted by molar-refractivity contribution is -0.159. The van der Waals surface area contributed by atoms with Crippen LogP contribution in [0.25, 0.3) is 0 Å². The first-order valence-corrected chi connectivity index (χ1v) is 16.0. The second kappa shape index (κ2) is 12.9. The average Bonchev–Trinajstić information content (AvgIpc) is 3.31. The highest BCUT2D eigenvalue weighted by molar-refractivity contribution is 5.88. The number of ether oxygens (including phenoxy) is 2. The van der Waals surface area contributed by atoms with Gasteiger partial charge in [0, 0.05) is 36.9 Å². The Bertz CT molecular complexity index is 1290. The molecular weight excluding hydrogens is 542 g/mol. The number of methoxy groups -OCH3 is 1. The van der Waals surface area contributed by atoms with Crippen LogP contribution in [-0.4, -0.2) is 58.8 Å². The number of carboxylic acids is 1. The number of amides is 1. The van der Waals surface area contributed by atoms with E-state index in [9.17, 15) is 14.7 Å². The van der Waals surface area contributed by atoms with Gasteiger partial charge in [0.05, 0.1) is 13.2 Å². The molecular formula is C35H49N3O5. The van der Waals surface area contributed by atoms with Crippen molar-refractivity contribution >= 4 is 11.9 Å². The molecule has 1 aliphatic carbocycles. The summed E-state index contributed by atoms with van der Waals surface area (Å²) in [4.78, 5) is 34.0. The number of aromatic nitrogens is 1. The van der Waals surface area contributed by atoms with E-state index in [1.165, 1.54) is 24.8 Å². The number of hydrogen-bond acceptors (Lipinski definition) is 6. The van der Waals surface area contributed by atoms with Crippen molar-refractivity contribution in [3.8, 4) is 5.88 Å². The molecule has 5 rings (SSSR count). The maximum Gasteiger partial charge on any atom is 0.326 e. The zero-order valence-corrected chi connectivity index (χ0v) is 26.6. The van der Waals surface area contributed by atoms with Gasteiger partial charge in [-0.15, -0.1) is 0 Å². The Morgan fingerprint density at radius 3 is 2.47 bits per heavy atom. The van der Waals surface area contributed by atoms with Gasteiger partial charge < -0.3 is 24.8 Å². The Balaban J connectivity index is 1.62. The summed E-state index contributed by atoms with van der Waals surface area (Å²) in [5, 5.41) is 14.6. The Kier molecular flexibility index (Phi) is 9.47. The summed E-state index contributed by atoms with van der Waals surface area (Å²) in [6.45, 7) is 11.5. The van der Waals surface area contributed by atoms with Crippen LogP contribution in [0.2, 0.25) is 0 Å². The molecule has 2 saturated heterocycles. The quantitative estimate of drug-likeness (QED) is 0.358. The molecule has 1 aromatic heterocycles. The molecule has 0 bridgehead atoms. The molecule has 0 unspecified atom stereocenters. The smallest absolute Gasteiger partial charge is 0.326 e. The Hall–Kier alpha value is -2.97. The number of rotatable bonds is 9. The fraction of sp³-hybridized carbons (Fsp3) is 0.629. The lowest BCUT2D eigenvalue weighted by Crippen LogP contribution is -2.51. The van der Waals surface area contributed by atoms with Crippen LogP contribution >= 0.6 is 0 Å². The summed E-state index contributed by atoms with van der Waals surface area (Å²) in [6.07, 6.45) is 7.28. The van der Waals surface area contributed by atoms with E-state index in [2.05, 4.69) is 63.1 Å². The predicted molar refractivity (Wildman–Crippen MR) is 166 cm³/mol. The van der Waals surface area contributed by atoms with Gasteiger partial charge in [0.25, 0.3) is 5.91 Å². The highest BCUT2D eigenvalue weighted by Gasteiger charge is 2.59. The number of pyridine rings is 1. The van der Waals surface area contributed by atoms with Crippen molar-refractivity contribution in [2.75, 3.05) is 13.7 Å². The van der Waals surface area contributed by atoms with Crippen molar-refractivity contribution < 1.29 is 24.2 Å². The lowest BCUT2D eigenvalue weighted by atomic mass is 9.72. The van der Waals surface area contributed by atoms with Crippen LogP contribution in [0.3, 0.4) is 0 Å². The molecule has 3 aliphatic rings. The minimum atomic E-state index is -1.01. The van der Waals surface area contributed by atoms with Gasteiger partial charge in [-0.25, -0.2) is 9.78 Å². The molecule has 2 aliphatic heterocycles. The first-order chi connectivity index (χ1) is 20.5. The topological polar surface area (TPSA) is 101 Å². The van der Waals surface area contributed by atoms with Crippen LogP contribution in [0.5, 0.6) is 5.88 Å². The normalized spacial score (nSPS) is 26.4. The molecule has 5 atom stereocenters. The van der Waals surface area contributed by atoms with Gasteiger partial charge in [0.2, 0.25) is 5.88 Å². The molecule has 8 heteroatoms. The van der Waals surface area contributed by atoms with Crippen LogP contribution in [-0.2, 0) is 20.9 Å². The van der Waals surface area contributed by atoms with Crippen LogP contribution in [0, 0.1) is 11.3 Å². The average molecular weight is 592 g/mol. The minimum absolute atomic E-state index is 0.195. The summed E-state index contributed by atoms with van der Waals surface area (Å²) in [6, 6.07) is 8.53. The number of hydrogen-bond donors (Lipinski definition) is 2. The molecule has 43 heavy (non-hydrogen) atoms. The van der Waals surface area contributed by atoms with E-state index in [0.29, 0.717) is 31.4 Å². The molecule has 1 amide bonds. The van der Waals surface area contributed by atoms with E-state index >= 15 is 0 Å². The van der Waals surface area contributed by atoms with Gasteiger partial charge in [-0.1, -0.05) is 65.3 Å². The summed E-state index contributed by atoms with van der Waals surface area (Å²) < 4.78 is 11.7. The Morgan fingerprint density at radius 1 is 1.14 bits per heavy atom. The minimum Gasteiger partial charge on any atom is -0.481 e. The molecule has 1 aromatic carbocycles. The molecule has 8 nitrogen and oxygen atoms in total. The number of nitrogens with zero attached hydrogens (tertiary/aromatic N) is 2. The standard InChI is InChI=1S/C35H49N3O5/c1-21(2)25-14-7-8-15-26(25)30-29(36-20-24-18-23(22-12-11-13-22)19-37-32(24)42-6)28(35(3,4)5)31(34(40)41)38(30)33(39)27-16-9-10-17-43-27/h7-8,14-15,18-19,21-22,27-31,36H,9-13,16-17,20H2,1-6H3,(H,40,41)/t27-,28-,29-,30-,31-/m0/s1. The van der Waals surface area contributed by atoms with Gasteiger partial charge >= 0.3 is 5.97 Å². The van der Waals surface area contributed by atoms with Gasteiger partial charge in [-0.3, -0.25) is 4.79 Å². The summed E-state index contributed by atoms with van der Waals surface area (Å²) in [5.74, 6) is -0.293. The van der Waals surface area contributed by atoms with E-state index < -0.39 is 29.6 Å². The molecule has 0 spiro atoms.